The van der Waals surface area contributed by atoms with Crippen LogP contribution >= 0.6 is 0 Å². The number of benzene rings is 1. The molecule has 0 aliphatic carbocycles. The topological polar surface area (TPSA) is 39.4 Å². The van der Waals surface area contributed by atoms with Crippen LogP contribution in [0.5, 0.6) is 0 Å². The Hall–Kier alpha value is -2.10. The molecule has 2 aromatic rings. The van der Waals surface area contributed by atoms with Crippen molar-refractivity contribution in [2.75, 3.05) is 6.61 Å². The van der Waals surface area contributed by atoms with Gasteiger partial charge in [0.05, 0.1) is 11.0 Å². The molecule has 1 aromatic carbocycles. The van der Waals surface area contributed by atoms with E-state index in [1.807, 2.05) is 25.1 Å². The van der Waals surface area contributed by atoms with Crippen LogP contribution in [-0.2, 0) is 4.84 Å². The van der Waals surface area contributed by atoms with E-state index in [4.69, 9.17) is 4.84 Å². The Kier molecular flexibility index (Phi) is 6.39. The Labute approximate surface area is 138 Å². The number of hydrogen-bond acceptors (Lipinski definition) is 3. The van der Waals surface area contributed by atoms with E-state index in [2.05, 4.69) is 47.6 Å². The Morgan fingerprint density at radius 3 is 2.78 bits per heavy atom. The van der Waals surface area contributed by atoms with E-state index in [-0.39, 0.29) is 0 Å². The fourth-order valence-electron chi connectivity index (χ4n) is 2.57. The van der Waals surface area contributed by atoms with Gasteiger partial charge in [0.2, 0.25) is 0 Å². The molecule has 4 heteroatoms. The van der Waals surface area contributed by atoms with E-state index in [0.29, 0.717) is 6.61 Å². The first-order valence-electron chi connectivity index (χ1n) is 8.49. The number of aromatic nitrogens is 2. The second-order valence-corrected chi connectivity index (χ2v) is 5.86. The molecule has 0 aliphatic heterocycles. The van der Waals surface area contributed by atoms with Crippen LogP contribution in [0, 0.1) is 6.92 Å². The summed E-state index contributed by atoms with van der Waals surface area (Å²) in [6, 6.07) is 8.13. The van der Waals surface area contributed by atoms with Crippen molar-refractivity contribution in [3.05, 3.63) is 41.7 Å². The molecule has 0 radical (unpaired) electrons. The number of allylic oxidation sites excluding steroid dienone is 2. The SMILES string of the molecule is CCCCON=C(C=C(C)CCC)n1c(C)nc2ccccc21. The second kappa shape index (κ2) is 8.51. The highest BCUT2D eigenvalue weighted by Crippen LogP contribution is 2.17. The molecule has 124 valence electrons. The Balaban J connectivity index is 2.42. The van der Waals surface area contributed by atoms with E-state index >= 15 is 0 Å². The molecule has 0 saturated heterocycles. The highest BCUT2D eigenvalue weighted by molar-refractivity contribution is 6.01. The number of fused-ring (bicyclic) bond motifs is 1. The summed E-state index contributed by atoms with van der Waals surface area (Å²) in [5.41, 5.74) is 3.33. The maximum atomic E-state index is 5.54. The van der Waals surface area contributed by atoms with Gasteiger partial charge in [0.1, 0.15) is 12.4 Å². The van der Waals surface area contributed by atoms with Gasteiger partial charge in [-0.05, 0) is 44.9 Å². The molecule has 23 heavy (non-hydrogen) atoms. The lowest BCUT2D eigenvalue weighted by Gasteiger charge is -2.09. The zero-order valence-electron chi connectivity index (χ0n) is 14.7. The van der Waals surface area contributed by atoms with Crippen molar-refractivity contribution in [1.29, 1.82) is 0 Å². The van der Waals surface area contributed by atoms with Gasteiger partial charge in [-0.2, -0.15) is 0 Å². The average molecular weight is 313 g/mol. The summed E-state index contributed by atoms with van der Waals surface area (Å²) in [7, 11) is 0. The number of rotatable bonds is 7. The lowest BCUT2D eigenvalue weighted by atomic mass is 10.1. The predicted molar refractivity (Wildman–Crippen MR) is 96.8 cm³/mol. The fourth-order valence-corrected chi connectivity index (χ4v) is 2.57. The summed E-state index contributed by atoms with van der Waals surface area (Å²) in [6.07, 6.45) is 6.40. The van der Waals surface area contributed by atoms with Crippen LogP contribution in [-0.4, -0.2) is 22.0 Å². The van der Waals surface area contributed by atoms with Gasteiger partial charge in [0.15, 0.2) is 5.84 Å². The van der Waals surface area contributed by atoms with Gasteiger partial charge in [0.25, 0.3) is 0 Å². The Morgan fingerprint density at radius 1 is 1.26 bits per heavy atom. The average Bonchev–Trinajstić information content (AvgIpc) is 2.86. The summed E-state index contributed by atoms with van der Waals surface area (Å²) in [6.45, 7) is 9.12. The first-order chi connectivity index (χ1) is 11.2. The van der Waals surface area contributed by atoms with Gasteiger partial charge >= 0.3 is 0 Å². The van der Waals surface area contributed by atoms with Crippen LogP contribution in [0.4, 0.5) is 0 Å². The minimum Gasteiger partial charge on any atom is -0.394 e. The third-order valence-electron chi connectivity index (χ3n) is 3.72. The molecule has 0 saturated carbocycles. The predicted octanol–water partition coefficient (Wildman–Crippen LogP) is 5.07. The summed E-state index contributed by atoms with van der Waals surface area (Å²) < 4.78 is 2.07. The van der Waals surface area contributed by atoms with Crippen molar-refractivity contribution < 1.29 is 4.84 Å². The van der Waals surface area contributed by atoms with Crippen molar-refractivity contribution in [2.24, 2.45) is 5.16 Å². The van der Waals surface area contributed by atoms with Gasteiger partial charge in [-0.3, -0.25) is 4.57 Å². The van der Waals surface area contributed by atoms with Gasteiger partial charge in [-0.15, -0.1) is 0 Å². The summed E-state index contributed by atoms with van der Waals surface area (Å²) in [5.74, 6) is 1.72. The summed E-state index contributed by atoms with van der Waals surface area (Å²) >= 11 is 0. The smallest absolute Gasteiger partial charge is 0.178 e. The third kappa shape index (κ3) is 4.44. The van der Waals surface area contributed by atoms with Crippen molar-refractivity contribution in [2.45, 2.75) is 53.4 Å². The maximum Gasteiger partial charge on any atom is 0.178 e. The van der Waals surface area contributed by atoms with Crippen LogP contribution in [0.2, 0.25) is 0 Å². The molecule has 1 aromatic heterocycles. The fraction of sp³-hybridized carbons (Fsp3) is 0.474. The first-order valence-corrected chi connectivity index (χ1v) is 8.49. The molecule has 0 atom stereocenters. The number of hydrogen-bond donors (Lipinski definition) is 0. The molecular formula is C19H27N3O. The van der Waals surface area contributed by atoms with E-state index in [1.54, 1.807) is 0 Å². The van der Waals surface area contributed by atoms with Gasteiger partial charge in [0, 0.05) is 0 Å². The lowest BCUT2D eigenvalue weighted by molar-refractivity contribution is 0.140. The summed E-state index contributed by atoms with van der Waals surface area (Å²) in [5, 5.41) is 4.40. The highest BCUT2D eigenvalue weighted by atomic mass is 16.6. The van der Waals surface area contributed by atoms with Crippen LogP contribution in [0.3, 0.4) is 0 Å². The lowest BCUT2D eigenvalue weighted by Crippen LogP contribution is -2.12. The number of para-hydroxylation sites is 2. The zero-order valence-corrected chi connectivity index (χ0v) is 14.7. The van der Waals surface area contributed by atoms with Crippen LogP contribution < -0.4 is 0 Å². The second-order valence-electron chi connectivity index (χ2n) is 5.86. The monoisotopic (exact) mass is 313 g/mol. The van der Waals surface area contributed by atoms with E-state index < -0.39 is 0 Å². The van der Waals surface area contributed by atoms with Crippen molar-refractivity contribution in [3.8, 4) is 0 Å². The van der Waals surface area contributed by atoms with Crippen LogP contribution in [0.15, 0.2) is 41.1 Å². The van der Waals surface area contributed by atoms with E-state index in [1.165, 1.54) is 5.57 Å². The Bertz CT molecular complexity index is 698. The number of imidazole rings is 1. The molecule has 0 N–H and O–H groups in total. The van der Waals surface area contributed by atoms with Crippen LogP contribution in [0.1, 0.15) is 52.3 Å². The number of nitrogens with zero attached hydrogens (tertiary/aromatic N) is 3. The van der Waals surface area contributed by atoms with Gasteiger partial charge in [-0.1, -0.05) is 49.6 Å². The van der Waals surface area contributed by atoms with Crippen molar-refractivity contribution >= 4 is 16.9 Å². The number of aryl methyl sites for hydroxylation is 1. The zero-order chi connectivity index (χ0) is 16.7. The molecule has 2 rings (SSSR count). The molecule has 0 spiro atoms. The van der Waals surface area contributed by atoms with Crippen molar-refractivity contribution in [3.63, 3.8) is 0 Å². The maximum absolute atomic E-state index is 5.54. The molecule has 0 fully saturated rings. The number of unbranched alkanes of at least 4 members (excludes halogenated alkanes) is 1. The minimum absolute atomic E-state index is 0.645. The van der Waals surface area contributed by atoms with E-state index in [9.17, 15) is 0 Å². The highest BCUT2D eigenvalue weighted by Gasteiger charge is 2.11. The standard InChI is InChI=1S/C19H27N3O/c1-5-7-13-23-21-19(14-15(3)10-6-2)22-16(4)20-17-11-8-9-12-18(17)22/h8-9,11-12,14H,5-7,10,13H2,1-4H3. The molecular weight excluding hydrogens is 286 g/mol. The van der Waals surface area contributed by atoms with Gasteiger partial charge in [-0.25, -0.2) is 4.98 Å². The van der Waals surface area contributed by atoms with E-state index in [0.717, 1.165) is 48.4 Å². The largest absolute Gasteiger partial charge is 0.394 e. The quantitative estimate of drug-likeness (QED) is 0.310. The van der Waals surface area contributed by atoms with Gasteiger partial charge < -0.3 is 4.84 Å². The summed E-state index contributed by atoms with van der Waals surface area (Å²) in [4.78, 5) is 10.2. The molecule has 4 nitrogen and oxygen atoms in total. The molecule has 0 bridgehead atoms. The number of oxime groups is 1. The van der Waals surface area contributed by atoms with Crippen LogP contribution in [0.25, 0.3) is 11.0 Å². The molecule has 0 amide bonds. The normalized spacial score (nSPS) is 12.9. The molecule has 0 unspecified atom stereocenters. The molecule has 0 aliphatic rings. The molecule has 1 heterocycles. The Morgan fingerprint density at radius 2 is 2.04 bits per heavy atom. The van der Waals surface area contributed by atoms with Crippen molar-refractivity contribution in [1.82, 2.24) is 9.55 Å². The minimum atomic E-state index is 0.645. The first kappa shape index (κ1) is 17.3. The third-order valence-corrected chi connectivity index (χ3v) is 3.72.